The molecule has 1 fully saturated rings. The highest BCUT2D eigenvalue weighted by molar-refractivity contribution is 9.10. The fraction of sp³-hybridized carbons (Fsp3) is 0.517. The van der Waals surface area contributed by atoms with Crippen molar-refractivity contribution in [3.05, 3.63) is 58.1 Å². The van der Waals surface area contributed by atoms with Gasteiger partial charge in [-0.25, -0.2) is 0 Å². The number of rotatable bonds is 10. The molecule has 0 bridgehead atoms. The van der Waals surface area contributed by atoms with Crippen molar-refractivity contribution < 1.29 is 19.1 Å². The molecule has 0 aromatic heterocycles. The van der Waals surface area contributed by atoms with Crippen molar-refractivity contribution in [3.8, 4) is 11.5 Å². The van der Waals surface area contributed by atoms with Crippen LogP contribution in [0.5, 0.6) is 11.5 Å². The van der Waals surface area contributed by atoms with Gasteiger partial charge in [0.25, 0.3) is 5.91 Å². The second-order valence-corrected chi connectivity index (χ2v) is 11.3. The average molecular weight is 560 g/mol. The zero-order chi connectivity index (χ0) is 26.3. The topological polar surface area (TPSA) is 67.9 Å². The Morgan fingerprint density at radius 3 is 2.47 bits per heavy atom. The van der Waals surface area contributed by atoms with Crippen molar-refractivity contribution in [2.24, 2.45) is 0 Å². The smallest absolute Gasteiger partial charge is 0.261 e. The number of nitrogens with one attached hydrogen (secondary N) is 1. The minimum absolute atomic E-state index is 0.00539. The zero-order valence-corrected chi connectivity index (χ0v) is 23.7. The van der Waals surface area contributed by atoms with Gasteiger partial charge in [-0.1, -0.05) is 58.7 Å². The molecule has 3 rings (SSSR count). The minimum Gasteiger partial charge on any atom is -0.497 e. The van der Waals surface area contributed by atoms with E-state index in [1.807, 2.05) is 49.4 Å². The van der Waals surface area contributed by atoms with E-state index in [-0.39, 0.29) is 29.9 Å². The minimum atomic E-state index is -0.584. The zero-order valence-electron chi connectivity index (χ0n) is 22.1. The monoisotopic (exact) mass is 558 g/mol. The quantitative estimate of drug-likeness (QED) is 0.388. The van der Waals surface area contributed by atoms with Crippen molar-refractivity contribution in [2.45, 2.75) is 83.8 Å². The summed E-state index contributed by atoms with van der Waals surface area (Å²) in [6.07, 6.45) is 4.76. The number of hydrogen-bond acceptors (Lipinski definition) is 4. The molecule has 2 aromatic rings. The third kappa shape index (κ3) is 7.48. The fourth-order valence-electron chi connectivity index (χ4n) is 4.56. The normalized spacial score (nSPS) is 14.8. The summed E-state index contributed by atoms with van der Waals surface area (Å²) in [4.78, 5) is 28.4. The van der Waals surface area contributed by atoms with Gasteiger partial charge < -0.3 is 19.7 Å². The summed E-state index contributed by atoms with van der Waals surface area (Å²) in [5.41, 5.74) is 2.07. The van der Waals surface area contributed by atoms with E-state index >= 15 is 0 Å². The van der Waals surface area contributed by atoms with E-state index in [9.17, 15) is 9.59 Å². The molecule has 2 aromatic carbocycles. The summed E-state index contributed by atoms with van der Waals surface area (Å²) in [6.45, 7) is 8.52. The van der Waals surface area contributed by atoms with Crippen LogP contribution in [0.4, 0.5) is 0 Å². The van der Waals surface area contributed by atoms with Gasteiger partial charge in [0, 0.05) is 12.6 Å². The lowest BCUT2D eigenvalue weighted by Crippen LogP contribution is -2.52. The summed E-state index contributed by atoms with van der Waals surface area (Å²) in [6, 6.07) is 13.1. The number of carbonyl (C=O) groups excluding carboxylic acids is 2. The molecular weight excluding hydrogens is 520 g/mol. The van der Waals surface area contributed by atoms with Crippen molar-refractivity contribution in [2.75, 3.05) is 13.7 Å². The molecule has 36 heavy (non-hydrogen) atoms. The maximum atomic E-state index is 13.5. The molecule has 1 saturated carbocycles. The van der Waals surface area contributed by atoms with Gasteiger partial charge in [-0.2, -0.15) is 0 Å². The van der Waals surface area contributed by atoms with Crippen LogP contribution in [-0.4, -0.2) is 42.5 Å². The molecule has 0 saturated heterocycles. The number of benzene rings is 2. The van der Waals surface area contributed by atoms with Gasteiger partial charge in [-0.05, 0) is 76.0 Å². The Morgan fingerprint density at radius 1 is 1.14 bits per heavy atom. The van der Waals surface area contributed by atoms with Gasteiger partial charge in [-0.3, -0.25) is 9.59 Å². The number of halogens is 1. The van der Waals surface area contributed by atoms with Crippen molar-refractivity contribution in [1.82, 2.24) is 10.2 Å². The van der Waals surface area contributed by atoms with Crippen LogP contribution >= 0.6 is 15.9 Å². The van der Waals surface area contributed by atoms with Gasteiger partial charge in [0.1, 0.15) is 17.5 Å². The number of amides is 2. The highest BCUT2D eigenvalue weighted by atomic mass is 79.9. The van der Waals surface area contributed by atoms with Gasteiger partial charge >= 0.3 is 0 Å². The molecule has 0 unspecified atom stereocenters. The number of hydrogen-bond donors (Lipinski definition) is 1. The van der Waals surface area contributed by atoms with Gasteiger partial charge in [0.05, 0.1) is 11.6 Å². The van der Waals surface area contributed by atoms with Gasteiger partial charge in [-0.15, -0.1) is 0 Å². The molecule has 1 aliphatic rings. The van der Waals surface area contributed by atoms with E-state index in [1.54, 1.807) is 12.0 Å². The summed E-state index contributed by atoms with van der Waals surface area (Å²) in [7, 11) is 1.61. The standard InChI is InChI=1S/C29H39BrN2O4/c1-6-25(28(34)31-22-11-7-8-12-22)32(18-20-10-9-13-23(16-20)35-5)27(33)19-36-26-15-14-21(17-24(26)30)29(2,3)4/h9-10,13-17,22,25H,6-8,11-12,18-19H2,1-5H3,(H,31,34)/t25-/m1/s1. The largest absolute Gasteiger partial charge is 0.497 e. The molecule has 7 heteroatoms. The van der Waals surface area contributed by atoms with Gasteiger partial charge in [0.2, 0.25) is 5.91 Å². The molecular formula is C29H39BrN2O4. The van der Waals surface area contributed by atoms with Crippen LogP contribution in [0.25, 0.3) is 0 Å². The van der Waals surface area contributed by atoms with E-state index < -0.39 is 6.04 Å². The first-order valence-electron chi connectivity index (χ1n) is 12.8. The van der Waals surface area contributed by atoms with Crippen LogP contribution in [0, 0.1) is 0 Å². The van der Waals surface area contributed by atoms with E-state index in [4.69, 9.17) is 9.47 Å². The van der Waals surface area contributed by atoms with Crippen LogP contribution < -0.4 is 14.8 Å². The van der Waals surface area contributed by atoms with Crippen molar-refractivity contribution in [3.63, 3.8) is 0 Å². The number of carbonyl (C=O) groups is 2. The summed E-state index contributed by atoms with van der Waals surface area (Å²) in [5, 5.41) is 3.17. The van der Waals surface area contributed by atoms with E-state index in [0.29, 0.717) is 24.5 Å². The molecule has 1 atom stereocenters. The highest BCUT2D eigenvalue weighted by Crippen LogP contribution is 2.31. The number of methoxy groups -OCH3 is 1. The van der Waals surface area contributed by atoms with Crippen LogP contribution in [0.1, 0.15) is 70.9 Å². The fourth-order valence-corrected chi connectivity index (χ4v) is 5.05. The van der Waals surface area contributed by atoms with E-state index in [1.165, 1.54) is 5.56 Å². The maximum Gasteiger partial charge on any atom is 0.261 e. The molecule has 6 nitrogen and oxygen atoms in total. The molecule has 0 spiro atoms. The van der Waals surface area contributed by atoms with Crippen LogP contribution in [-0.2, 0) is 21.5 Å². The first kappa shape index (κ1) is 28.0. The number of ether oxygens (including phenoxy) is 2. The maximum absolute atomic E-state index is 13.5. The summed E-state index contributed by atoms with van der Waals surface area (Å²) >= 11 is 3.58. The van der Waals surface area contributed by atoms with Crippen molar-refractivity contribution in [1.29, 1.82) is 0 Å². The van der Waals surface area contributed by atoms with Gasteiger partial charge in [0.15, 0.2) is 6.61 Å². The Bertz CT molecular complexity index is 1040. The second-order valence-electron chi connectivity index (χ2n) is 10.5. The average Bonchev–Trinajstić information content (AvgIpc) is 3.35. The van der Waals surface area contributed by atoms with Crippen LogP contribution in [0.3, 0.4) is 0 Å². The van der Waals surface area contributed by atoms with Crippen LogP contribution in [0.15, 0.2) is 46.9 Å². The number of nitrogens with zero attached hydrogens (tertiary/aromatic N) is 1. The molecule has 1 N–H and O–H groups in total. The van der Waals surface area contributed by atoms with E-state index in [2.05, 4.69) is 42.0 Å². The molecule has 0 aliphatic heterocycles. The predicted molar refractivity (Wildman–Crippen MR) is 146 cm³/mol. The Kier molecular flexibility index (Phi) is 9.83. The molecule has 196 valence electrons. The Balaban J connectivity index is 1.79. The lowest BCUT2D eigenvalue weighted by molar-refractivity contribution is -0.143. The third-order valence-corrected chi connectivity index (χ3v) is 7.34. The Hall–Kier alpha value is -2.54. The third-order valence-electron chi connectivity index (χ3n) is 6.72. The molecule has 1 aliphatic carbocycles. The molecule has 2 amide bonds. The molecule has 0 radical (unpaired) electrons. The first-order valence-corrected chi connectivity index (χ1v) is 13.6. The SMILES string of the molecule is CC[C@H](C(=O)NC1CCCC1)N(Cc1cccc(OC)c1)C(=O)COc1ccc(C(C)(C)C)cc1Br. The molecule has 0 heterocycles. The van der Waals surface area contributed by atoms with Crippen LogP contribution in [0.2, 0.25) is 0 Å². The lowest BCUT2D eigenvalue weighted by Gasteiger charge is -2.31. The summed E-state index contributed by atoms with van der Waals surface area (Å²) < 4.78 is 12.1. The summed E-state index contributed by atoms with van der Waals surface area (Å²) in [5.74, 6) is 0.970. The Morgan fingerprint density at radius 2 is 1.86 bits per heavy atom. The Labute approximate surface area is 223 Å². The highest BCUT2D eigenvalue weighted by Gasteiger charge is 2.31. The lowest BCUT2D eigenvalue weighted by atomic mass is 9.87. The van der Waals surface area contributed by atoms with E-state index in [0.717, 1.165) is 35.7 Å². The van der Waals surface area contributed by atoms with Crippen molar-refractivity contribution >= 4 is 27.7 Å². The second kappa shape index (κ2) is 12.6. The predicted octanol–water partition coefficient (Wildman–Crippen LogP) is 6.00. The first-order chi connectivity index (χ1) is 17.1.